The lowest BCUT2D eigenvalue weighted by Gasteiger charge is -2.28. The van der Waals surface area contributed by atoms with E-state index in [-0.39, 0.29) is 23.6 Å². The van der Waals surface area contributed by atoms with Crippen molar-refractivity contribution in [2.24, 2.45) is 0 Å². The number of allylic oxidation sites excluding steroid dienone is 2. The molecule has 0 radical (unpaired) electrons. The molecule has 0 fully saturated rings. The minimum atomic E-state index is -0.751. The van der Waals surface area contributed by atoms with Gasteiger partial charge in [-0.15, -0.1) is 0 Å². The molecule has 2 aromatic carbocycles. The number of halogens is 1. The molecule has 7 nitrogen and oxygen atoms in total. The molecule has 0 amide bonds. The maximum absolute atomic E-state index is 13.2. The number of rotatable bonds is 7. The fraction of sp³-hybridized carbons (Fsp3) is 0.185. The molecule has 3 aromatic rings. The van der Waals surface area contributed by atoms with Crippen LogP contribution in [-0.4, -0.2) is 24.8 Å². The second kappa shape index (κ2) is 10.2. The van der Waals surface area contributed by atoms with E-state index in [0.29, 0.717) is 28.7 Å². The summed E-state index contributed by atoms with van der Waals surface area (Å²) in [6.45, 7) is 1.87. The fourth-order valence-corrected chi connectivity index (χ4v) is 3.93. The molecular weight excluding hydrogens is 451 g/mol. The lowest BCUT2D eigenvalue weighted by molar-refractivity contribution is -0.136. The summed E-state index contributed by atoms with van der Waals surface area (Å²) in [6, 6.07) is 17.0. The van der Waals surface area contributed by atoms with Gasteiger partial charge in [0.25, 0.3) is 0 Å². The molecule has 1 atom stereocenters. The number of carbonyl (C=O) groups is 1. The van der Waals surface area contributed by atoms with Crippen molar-refractivity contribution in [1.29, 1.82) is 5.26 Å². The molecular formula is C27H23FN2O5. The Labute approximate surface area is 202 Å². The molecule has 0 N–H and O–H groups in total. The predicted molar refractivity (Wildman–Crippen MR) is 126 cm³/mol. The number of nitriles is 1. The van der Waals surface area contributed by atoms with Crippen LogP contribution in [0.25, 0.3) is 5.88 Å². The lowest BCUT2D eigenvalue weighted by atomic mass is 9.83. The molecule has 1 aliphatic rings. The van der Waals surface area contributed by atoms with Gasteiger partial charge in [-0.2, -0.15) is 5.26 Å². The van der Waals surface area contributed by atoms with Crippen LogP contribution in [0.15, 0.2) is 83.9 Å². The Bertz CT molecular complexity index is 1330. The Morgan fingerprint density at radius 2 is 1.83 bits per heavy atom. The van der Waals surface area contributed by atoms with Gasteiger partial charge in [-0.3, -0.25) is 4.57 Å². The normalized spacial score (nSPS) is 15.3. The second-order valence-electron chi connectivity index (χ2n) is 7.74. The van der Waals surface area contributed by atoms with Gasteiger partial charge in [0.2, 0.25) is 5.88 Å². The van der Waals surface area contributed by atoms with Crippen LogP contribution < -0.4 is 9.47 Å². The van der Waals surface area contributed by atoms with Crippen LogP contribution in [0.4, 0.5) is 4.39 Å². The first-order chi connectivity index (χ1) is 17.0. The van der Waals surface area contributed by atoms with Gasteiger partial charge >= 0.3 is 5.97 Å². The first-order valence-electron chi connectivity index (χ1n) is 10.8. The van der Waals surface area contributed by atoms with Crippen LogP contribution in [0, 0.1) is 17.1 Å². The average Bonchev–Trinajstić information content (AvgIpc) is 3.42. The largest absolute Gasteiger partial charge is 0.493 e. The zero-order chi connectivity index (χ0) is 24.9. The van der Waals surface area contributed by atoms with E-state index in [9.17, 15) is 14.4 Å². The smallest absolute Gasteiger partial charge is 0.338 e. The van der Waals surface area contributed by atoms with E-state index in [1.165, 1.54) is 26.4 Å². The Hall–Kier alpha value is -4.51. The molecule has 1 unspecified atom stereocenters. The molecule has 8 heteroatoms. The van der Waals surface area contributed by atoms with Gasteiger partial charge in [0, 0.05) is 12.4 Å². The van der Waals surface area contributed by atoms with Crippen molar-refractivity contribution in [3.05, 3.63) is 101 Å². The molecule has 0 saturated heterocycles. The number of benzene rings is 2. The Morgan fingerprint density at radius 3 is 2.46 bits per heavy atom. The highest BCUT2D eigenvalue weighted by molar-refractivity contribution is 5.93. The second-order valence-corrected chi connectivity index (χ2v) is 7.74. The van der Waals surface area contributed by atoms with Gasteiger partial charge in [0.15, 0.2) is 11.5 Å². The number of aromatic nitrogens is 1. The van der Waals surface area contributed by atoms with Crippen LogP contribution in [0.5, 0.6) is 11.5 Å². The van der Waals surface area contributed by atoms with Gasteiger partial charge in [-0.1, -0.05) is 18.2 Å². The monoisotopic (exact) mass is 474 g/mol. The number of ether oxygens (including phenoxy) is 4. The quantitative estimate of drug-likeness (QED) is 0.440. The van der Waals surface area contributed by atoms with Gasteiger partial charge in [-0.25, -0.2) is 9.18 Å². The predicted octanol–water partition coefficient (Wildman–Crippen LogP) is 5.17. The van der Waals surface area contributed by atoms with E-state index in [1.807, 2.05) is 12.1 Å². The van der Waals surface area contributed by atoms with Crippen LogP contribution in [0.3, 0.4) is 0 Å². The van der Waals surface area contributed by atoms with Crippen molar-refractivity contribution in [2.75, 3.05) is 14.2 Å². The van der Waals surface area contributed by atoms with Crippen LogP contribution >= 0.6 is 0 Å². The molecule has 178 valence electrons. The number of hydrogen-bond acceptors (Lipinski definition) is 6. The number of esters is 1. The molecule has 0 bridgehead atoms. The van der Waals surface area contributed by atoms with Gasteiger partial charge in [0.05, 0.1) is 25.7 Å². The van der Waals surface area contributed by atoms with Gasteiger partial charge < -0.3 is 18.9 Å². The van der Waals surface area contributed by atoms with E-state index in [0.717, 1.165) is 5.56 Å². The highest BCUT2D eigenvalue weighted by Crippen LogP contribution is 2.44. The minimum Gasteiger partial charge on any atom is -0.493 e. The molecule has 0 spiro atoms. The molecule has 1 aliphatic heterocycles. The van der Waals surface area contributed by atoms with Crippen LogP contribution in [-0.2, 0) is 20.9 Å². The summed E-state index contributed by atoms with van der Waals surface area (Å²) in [6.07, 6.45) is 3.51. The zero-order valence-electron chi connectivity index (χ0n) is 19.4. The van der Waals surface area contributed by atoms with Crippen molar-refractivity contribution in [1.82, 2.24) is 4.57 Å². The molecule has 2 heterocycles. The lowest BCUT2D eigenvalue weighted by Crippen LogP contribution is -2.23. The van der Waals surface area contributed by atoms with E-state index in [4.69, 9.17) is 18.9 Å². The molecule has 0 aliphatic carbocycles. The Morgan fingerprint density at radius 1 is 1.11 bits per heavy atom. The van der Waals surface area contributed by atoms with Crippen molar-refractivity contribution >= 4 is 11.9 Å². The van der Waals surface area contributed by atoms with Crippen molar-refractivity contribution in [3.63, 3.8) is 0 Å². The Kier molecular flexibility index (Phi) is 6.88. The van der Waals surface area contributed by atoms with Crippen LogP contribution in [0.2, 0.25) is 0 Å². The highest BCUT2D eigenvalue weighted by Gasteiger charge is 2.37. The van der Waals surface area contributed by atoms with Crippen LogP contribution in [0.1, 0.15) is 24.0 Å². The third-order valence-electron chi connectivity index (χ3n) is 5.63. The molecule has 35 heavy (non-hydrogen) atoms. The first kappa shape index (κ1) is 23.6. The molecule has 4 rings (SSSR count). The first-order valence-corrected chi connectivity index (χ1v) is 10.8. The SMILES string of the molecule is COC(=O)C1=C(C)OC(n2cccc2)=C(C#N)C1c1ccc(OCc2ccc(F)cc2)c(OC)c1. The third-order valence-corrected chi connectivity index (χ3v) is 5.63. The molecule has 1 aromatic heterocycles. The van der Waals surface area contributed by atoms with E-state index < -0.39 is 11.9 Å². The Balaban J connectivity index is 1.75. The van der Waals surface area contributed by atoms with E-state index in [1.54, 1.807) is 54.2 Å². The summed E-state index contributed by atoms with van der Waals surface area (Å²) in [5.41, 5.74) is 1.89. The van der Waals surface area contributed by atoms with Crippen molar-refractivity contribution < 1.29 is 28.1 Å². The topological polar surface area (TPSA) is 82.7 Å². The van der Waals surface area contributed by atoms with E-state index >= 15 is 0 Å². The van der Waals surface area contributed by atoms with Gasteiger partial charge in [0.1, 0.15) is 29.8 Å². The van der Waals surface area contributed by atoms with Crippen molar-refractivity contribution in [3.8, 4) is 17.6 Å². The number of methoxy groups -OCH3 is 2. The summed E-state index contributed by atoms with van der Waals surface area (Å²) >= 11 is 0. The minimum absolute atomic E-state index is 0.209. The summed E-state index contributed by atoms with van der Waals surface area (Å²) < 4.78 is 37.2. The van der Waals surface area contributed by atoms with Crippen molar-refractivity contribution in [2.45, 2.75) is 19.4 Å². The van der Waals surface area contributed by atoms with Gasteiger partial charge in [-0.05, 0) is 54.4 Å². The summed E-state index contributed by atoms with van der Waals surface area (Å²) in [4.78, 5) is 12.7. The zero-order valence-corrected chi connectivity index (χ0v) is 19.4. The third kappa shape index (κ3) is 4.75. The highest BCUT2D eigenvalue weighted by atomic mass is 19.1. The maximum atomic E-state index is 13.2. The molecule has 0 saturated carbocycles. The van der Waals surface area contributed by atoms with E-state index in [2.05, 4.69) is 6.07 Å². The standard InChI is InChI=1S/C27H23FN2O5/c1-17-24(27(31)33-3)25(21(15-29)26(35-17)30-12-4-5-13-30)19-8-11-22(23(14-19)32-2)34-16-18-6-9-20(28)10-7-18/h4-14,25H,16H2,1-3H3. The summed E-state index contributed by atoms with van der Waals surface area (Å²) in [5.74, 6) is -0.152. The number of hydrogen-bond donors (Lipinski definition) is 0. The summed E-state index contributed by atoms with van der Waals surface area (Å²) in [7, 11) is 2.78. The summed E-state index contributed by atoms with van der Waals surface area (Å²) in [5, 5.41) is 10.1. The fourth-order valence-electron chi connectivity index (χ4n) is 3.93. The number of nitrogens with zero attached hydrogens (tertiary/aromatic N) is 2. The number of carbonyl (C=O) groups excluding carboxylic acids is 1. The maximum Gasteiger partial charge on any atom is 0.338 e. The average molecular weight is 474 g/mol.